The van der Waals surface area contributed by atoms with E-state index in [0.29, 0.717) is 6.10 Å². The summed E-state index contributed by atoms with van der Waals surface area (Å²) >= 11 is 0. The number of hydrogen-bond acceptors (Lipinski definition) is 1. The van der Waals surface area contributed by atoms with E-state index in [9.17, 15) is 0 Å². The highest BCUT2D eigenvalue weighted by Crippen LogP contribution is 2.41. The lowest BCUT2D eigenvalue weighted by Gasteiger charge is -2.37. The second-order valence-corrected chi connectivity index (χ2v) is 7.40. The molecule has 0 bridgehead atoms. The maximum Gasteiger partial charge on any atom is 0.0648 e. The van der Waals surface area contributed by atoms with Crippen LogP contribution in [0.4, 0.5) is 0 Å². The Morgan fingerprint density at radius 2 is 1.55 bits per heavy atom. The molecule has 0 aliphatic heterocycles. The lowest BCUT2D eigenvalue weighted by molar-refractivity contribution is 0.0211. The summed E-state index contributed by atoms with van der Waals surface area (Å²) in [6, 6.07) is 0. The highest BCUT2D eigenvalue weighted by molar-refractivity contribution is 4.85. The Hall–Kier alpha value is -0.560. The van der Waals surface area contributed by atoms with Crippen molar-refractivity contribution in [2.24, 2.45) is 17.8 Å². The average Bonchev–Trinajstić information content (AvgIpc) is 2.58. The van der Waals surface area contributed by atoms with Gasteiger partial charge < -0.3 is 4.74 Å². The molecule has 2 rings (SSSR count). The first-order chi connectivity index (χ1) is 10.8. The van der Waals surface area contributed by atoms with Gasteiger partial charge in [0.15, 0.2) is 0 Å². The number of ether oxygens (including phenoxy) is 1. The van der Waals surface area contributed by atoms with E-state index in [4.69, 9.17) is 4.74 Å². The van der Waals surface area contributed by atoms with Gasteiger partial charge in [-0.2, -0.15) is 0 Å². The molecule has 0 atom stereocenters. The molecule has 0 saturated heterocycles. The maximum atomic E-state index is 5.82. The number of allylic oxidation sites excluding steroid dienone is 2. The lowest BCUT2D eigenvalue weighted by Crippen LogP contribution is -2.28. The van der Waals surface area contributed by atoms with Crippen molar-refractivity contribution in [1.29, 1.82) is 0 Å². The van der Waals surface area contributed by atoms with Crippen LogP contribution in [0.3, 0.4) is 0 Å². The standard InChI is InChI=1S/C21H36O/c1-3-5-6-7-8-18-9-11-19(12-10-18)20-13-15-21(16-14-20)22-17-4-2/h4-6,18-21H,2-3,7-17H2,1H3/b6-5+/t18-,19-,20-,21-. The van der Waals surface area contributed by atoms with E-state index < -0.39 is 0 Å². The molecule has 2 saturated carbocycles. The fourth-order valence-corrected chi connectivity index (χ4v) is 4.50. The Bertz CT molecular complexity index is 317. The minimum Gasteiger partial charge on any atom is -0.374 e. The van der Waals surface area contributed by atoms with Crippen LogP contribution in [0.5, 0.6) is 0 Å². The highest BCUT2D eigenvalue weighted by atomic mass is 16.5. The molecule has 2 aliphatic rings. The van der Waals surface area contributed by atoms with Gasteiger partial charge in [-0.1, -0.05) is 38.0 Å². The Morgan fingerprint density at radius 3 is 2.14 bits per heavy atom. The number of rotatable bonds is 8. The van der Waals surface area contributed by atoms with Gasteiger partial charge in [-0.25, -0.2) is 0 Å². The van der Waals surface area contributed by atoms with E-state index in [1.54, 1.807) is 0 Å². The molecule has 1 heteroatoms. The van der Waals surface area contributed by atoms with E-state index in [-0.39, 0.29) is 0 Å². The van der Waals surface area contributed by atoms with Gasteiger partial charge in [-0.05, 0) is 75.5 Å². The van der Waals surface area contributed by atoms with Crippen molar-refractivity contribution in [3.05, 3.63) is 24.8 Å². The van der Waals surface area contributed by atoms with Crippen molar-refractivity contribution in [1.82, 2.24) is 0 Å². The Kier molecular flexibility index (Phi) is 8.30. The van der Waals surface area contributed by atoms with Gasteiger partial charge in [0, 0.05) is 0 Å². The van der Waals surface area contributed by atoms with Gasteiger partial charge in [-0.15, -0.1) is 6.58 Å². The summed E-state index contributed by atoms with van der Waals surface area (Å²) in [6.07, 6.45) is 22.3. The summed E-state index contributed by atoms with van der Waals surface area (Å²) in [5, 5.41) is 0. The van der Waals surface area contributed by atoms with Crippen LogP contribution in [0.2, 0.25) is 0 Å². The summed E-state index contributed by atoms with van der Waals surface area (Å²) in [7, 11) is 0. The summed E-state index contributed by atoms with van der Waals surface area (Å²) in [5.41, 5.74) is 0. The summed E-state index contributed by atoms with van der Waals surface area (Å²) in [6.45, 7) is 6.69. The fourth-order valence-electron chi connectivity index (χ4n) is 4.50. The molecule has 0 aromatic carbocycles. The third-order valence-corrected chi connectivity index (χ3v) is 5.87. The maximum absolute atomic E-state index is 5.82. The van der Waals surface area contributed by atoms with E-state index in [1.165, 1.54) is 70.6 Å². The van der Waals surface area contributed by atoms with Crippen LogP contribution in [-0.2, 0) is 4.74 Å². The van der Waals surface area contributed by atoms with Gasteiger partial charge in [0.25, 0.3) is 0 Å². The van der Waals surface area contributed by atoms with E-state index >= 15 is 0 Å². The molecule has 0 unspecified atom stereocenters. The predicted molar refractivity (Wildman–Crippen MR) is 96.0 cm³/mol. The van der Waals surface area contributed by atoms with Crippen molar-refractivity contribution in [3.63, 3.8) is 0 Å². The van der Waals surface area contributed by atoms with E-state index in [1.807, 2.05) is 6.08 Å². The van der Waals surface area contributed by atoms with Crippen LogP contribution in [0, 0.1) is 17.8 Å². The van der Waals surface area contributed by atoms with Gasteiger partial charge in [-0.3, -0.25) is 0 Å². The van der Waals surface area contributed by atoms with Crippen molar-refractivity contribution in [2.45, 2.75) is 83.7 Å². The van der Waals surface area contributed by atoms with Crippen LogP contribution in [0.1, 0.15) is 77.6 Å². The Labute approximate surface area is 138 Å². The summed E-state index contributed by atoms with van der Waals surface area (Å²) in [4.78, 5) is 0. The van der Waals surface area contributed by atoms with Gasteiger partial charge in [0.05, 0.1) is 12.7 Å². The molecule has 22 heavy (non-hydrogen) atoms. The first-order valence-corrected chi connectivity index (χ1v) is 9.71. The monoisotopic (exact) mass is 304 g/mol. The highest BCUT2D eigenvalue weighted by Gasteiger charge is 2.30. The molecule has 0 radical (unpaired) electrons. The number of hydrogen-bond donors (Lipinski definition) is 0. The van der Waals surface area contributed by atoms with Gasteiger partial charge >= 0.3 is 0 Å². The van der Waals surface area contributed by atoms with Crippen molar-refractivity contribution in [3.8, 4) is 0 Å². The zero-order chi connectivity index (χ0) is 15.6. The second-order valence-electron chi connectivity index (χ2n) is 7.40. The molecule has 0 spiro atoms. The normalized spacial score (nSPS) is 33.1. The third-order valence-electron chi connectivity index (χ3n) is 5.87. The minimum atomic E-state index is 0.510. The van der Waals surface area contributed by atoms with E-state index in [2.05, 4.69) is 25.7 Å². The van der Waals surface area contributed by atoms with Crippen LogP contribution < -0.4 is 0 Å². The van der Waals surface area contributed by atoms with Crippen LogP contribution in [-0.4, -0.2) is 12.7 Å². The molecule has 2 aliphatic carbocycles. The van der Waals surface area contributed by atoms with Crippen LogP contribution >= 0.6 is 0 Å². The third kappa shape index (κ3) is 5.91. The van der Waals surface area contributed by atoms with Crippen molar-refractivity contribution < 1.29 is 4.74 Å². The Morgan fingerprint density at radius 1 is 0.909 bits per heavy atom. The lowest BCUT2D eigenvalue weighted by atomic mass is 9.70. The predicted octanol–water partition coefficient (Wildman–Crippen LogP) is 6.30. The average molecular weight is 305 g/mol. The quantitative estimate of drug-likeness (QED) is 0.478. The SMILES string of the molecule is C=CCO[C@H]1CC[C@H]([C@H]2CC[C@H](CC/C=C/CC)CC2)CC1. The zero-order valence-corrected chi connectivity index (χ0v) is 14.6. The molecule has 126 valence electrons. The molecule has 0 N–H and O–H groups in total. The molecule has 2 fully saturated rings. The van der Waals surface area contributed by atoms with Crippen LogP contribution in [0.15, 0.2) is 24.8 Å². The Balaban J connectivity index is 1.61. The second kappa shape index (κ2) is 10.3. The summed E-state index contributed by atoms with van der Waals surface area (Å²) < 4.78 is 5.82. The first-order valence-electron chi connectivity index (χ1n) is 9.71. The molecule has 0 aromatic rings. The minimum absolute atomic E-state index is 0.510. The van der Waals surface area contributed by atoms with Crippen molar-refractivity contribution >= 4 is 0 Å². The smallest absolute Gasteiger partial charge is 0.0648 e. The van der Waals surface area contributed by atoms with Gasteiger partial charge in [0.2, 0.25) is 0 Å². The topological polar surface area (TPSA) is 9.23 Å². The van der Waals surface area contributed by atoms with Crippen LogP contribution in [0.25, 0.3) is 0 Å². The fraction of sp³-hybridized carbons (Fsp3) is 0.810. The molecule has 0 aromatic heterocycles. The molecule has 0 amide bonds. The first kappa shape index (κ1) is 17.8. The van der Waals surface area contributed by atoms with E-state index in [0.717, 1.165) is 24.4 Å². The molecule has 0 heterocycles. The largest absolute Gasteiger partial charge is 0.374 e. The van der Waals surface area contributed by atoms with Gasteiger partial charge in [0.1, 0.15) is 0 Å². The zero-order valence-electron chi connectivity index (χ0n) is 14.6. The molecule has 1 nitrogen and oxygen atoms in total. The van der Waals surface area contributed by atoms with Crippen molar-refractivity contribution in [2.75, 3.05) is 6.61 Å². The molecular formula is C21H36O. The summed E-state index contributed by atoms with van der Waals surface area (Å²) in [5.74, 6) is 3.01. The molecular weight excluding hydrogens is 268 g/mol.